The first-order valence-corrected chi connectivity index (χ1v) is 3.46. The van der Waals surface area contributed by atoms with Crippen LogP contribution in [0.2, 0.25) is 5.02 Å². The molecule has 0 aromatic heterocycles. The summed E-state index contributed by atoms with van der Waals surface area (Å²) in [5, 5.41) is 18.0. The average Bonchev–Trinajstić information content (AvgIpc) is 1.95. The van der Waals surface area contributed by atoms with Gasteiger partial charge in [0.15, 0.2) is 0 Å². The lowest BCUT2D eigenvalue weighted by molar-refractivity contribution is 0.470. The van der Waals surface area contributed by atoms with Crippen molar-refractivity contribution in [2.75, 3.05) is 0 Å². The molecule has 1 N–H and O–H groups in total. The van der Waals surface area contributed by atoms with Gasteiger partial charge in [0.05, 0.1) is 12.5 Å². The fraction of sp³-hybridized carbons (Fsp3) is 0.125. The Morgan fingerprint density at radius 2 is 2.27 bits per heavy atom. The van der Waals surface area contributed by atoms with Gasteiger partial charge in [0.2, 0.25) is 0 Å². The number of rotatable bonds is 1. The van der Waals surface area contributed by atoms with Gasteiger partial charge in [0.25, 0.3) is 0 Å². The molecule has 0 aliphatic carbocycles. The molecule has 56 valence electrons. The summed E-state index contributed by atoms with van der Waals surface area (Å²) in [6.07, 6.45) is 0.211. The molecule has 3 heteroatoms. The largest absolute Gasteiger partial charge is 0.508 e. The number of nitrogens with zero attached hydrogens (tertiary/aromatic N) is 1. The highest BCUT2D eigenvalue weighted by Gasteiger charge is 1.99. The van der Waals surface area contributed by atoms with Gasteiger partial charge in [0.1, 0.15) is 5.75 Å². The second-order valence-corrected chi connectivity index (χ2v) is 2.54. The first-order chi connectivity index (χ1) is 5.24. The third-order valence-electron chi connectivity index (χ3n) is 1.32. The van der Waals surface area contributed by atoms with Gasteiger partial charge in [0, 0.05) is 10.6 Å². The molecule has 1 aromatic rings. The van der Waals surface area contributed by atoms with Crippen LogP contribution < -0.4 is 0 Å². The minimum Gasteiger partial charge on any atom is -0.508 e. The zero-order valence-electron chi connectivity index (χ0n) is 5.71. The third kappa shape index (κ3) is 1.86. The summed E-state index contributed by atoms with van der Waals surface area (Å²) < 4.78 is 0. The Bertz CT molecular complexity index is 303. The van der Waals surface area contributed by atoms with E-state index in [1.165, 1.54) is 6.07 Å². The van der Waals surface area contributed by atoms with E-state index < -0.39 is 0 Å². The number of phenolic OH excluding ortho intramolecular Hbond substituents is 1. The van der Waals surface area contributed by atoms with Gasteiger partial charge in [-0.25, -0.2) is 0 Å². The zero-order chi connectivity index (χ0) is 8.27. The molecule has 11 heavy (non-hydrogen) atoms. The van der Waals surface area contributed by atoms with Crippen molar-refractivity contribution in [3.8, 4) is 11.8 Å². The van der Waals surface area contributed by atoms with Crippen molar-refractivity contribution in [2.45, 2.75) is 6.42 Å². The highest BCUT2D eigenvalue weighted by Crippen LogP contribution is 2.21. The summed E-state index contributed by atoms with van der Waals surface area (Å²) in [7, 11) is 0. The van der Waals surface area contributed by atoms with Gasteiger partial charge in [-0.15, -0.1) is 0 Å². The molecule has 0 atom stereocenters. The van der Waals surface area contributed by atoms with E-state index in [0.29, 0.717) is 10.6 Å². The Labute approximate surface area is 69.7 Å². The van der Waals surface area contributed by atoms with Crippen molar-refractivity contribution in [2.24, 2.45) is 0 Å². The Hall–Kier alpha value is -1.20. The van der Waals surface area contributed by atoms with Crippen LogP contribution in [0.3, 0.4) is 0 Å². The Morgan fingerprint density at radius 3 is 2.82 bits per heavy atom. The van der Waals surface area contributed by atoms with E-state index in [-0.39, 0.29) is 12.2 Å². The van der Waals surface area contributed by atoms with E-state index in [1.807, 2.05) is 6.07 Å². The quantitative estimate of drug-likeness (QED) is 0.696. The molecule has 2 nitrogen and oxygen atoms in total. The molecule has 0 radical (unpaired) electrons. The fourth-order valence-corrected chi connectivity index (χ4v) is 0.938. The zero-order valence-corrected chi connectivity index (χ0v) is 6.47. The van der Waals surface area contributed by atoms with Crippen LogP contribution in [0.5, 0.6) is 5.75 Å². The van der Waals surface area contributed by atoms with E-state index in [4.69, 9.17) is 16.9 Å². The molecule has 0 aliphatic rings. The number of phenols is 1. The van der Waals surface area contributed by atoms with Crippen LogP contribution >= 0.6 is 11.6 Å². The number of aromatic hydroxyl groups is 1. The van der Waals surface area contributed by atoms with Crippen LogP contribution in [-0.4, -0.2) is 5.11 Å². The molecule has 0 spiro atoms. The molecule has 0 fully saturated rings. The van der Waals surface area contributed by atoms with E-state index in [1.54, 1.807) is 12.1 Å². The van der Waals surface area contributed by atoms with Gasteiger partial charge in [-0.05, 0) is 12.1 Å². The summed E-state index contributed by atoms with van der Waals surface area (Å²) in [6, 6.07) is 6.65. The van der Waals surface area contributed by atoms with Crippen LogP contribution in [0, 0.1) is 11.3 Å². The summed E-state index contributed by atoms with van der Waals surface area (Å²) in [6.45, 7) is 0. The Kier molecular flexibility index (Phi) is 2.35. The number of hydrogen-bond donors (Lipinski definition) is 1. The second-order valence-electron chi connectivity index (χ2n) is 2.11. The van der Waals surface area contributed by atoms with Crippen molar-refractivity contribution in [1.29, 1.82) is 5.26 Å². The topological polar surface area (TPSA) is 44.0 Å². The molecule has 0 amide bonds. The van der Waals surface area contributed by atoms with Gasteiger partial charge >= 0.3 is 0 Å². The summed E-state index contributed by atoms with van der Waals surface area (Å²) in [4.78, 5) is 0. The summed E-state index contributed by atoms with van der Waals surface area (Å²) >= 11 is 5.57. The average molecular weight is 168 g/mol. The third-order valence-corrected chi connectivity index (χ3v) is 1.55. The molecular formula is C8H6ClNO. The number of hydrogen-bond acceptors (Lipinski definition) is 2. The Balaban J connectivity index is 3.01. The van der Waals surface area contributed by atoms with Crippen molar-refractivity contribution >= 4 is 11.6 Å². The van der Waals surface area contributed by atoms with Crippen LogP contribution in [0.4, 0.5) is 0 Å². The molecule has 0 saturated heterocycles. The molecule has 0 aliphatic heterocycles. The van der Waals surface area contributed by atoms with Gasteiger partial charge < -0.3 is 5.11 Å². The summed E-state index contributed by atoms with van der Waals surface area (Å²) in [5.41, 5.74) is 0.608. The summed E-state index contributed by atoms with van der Waals surface area (Å²) in [5.74, 6) is 0.0825. The fourth-order valence-electron chi connectivity index (χ4n) is 0.772. The van der Waals surface area contributed by atoms with E-state index in [2.05, 4.69) is 0 Å². The van der Waals surface area contributed by atoms with Crippen molar-refractivity contribution in [1.82, 2.24) is 0 Å². The predicted molar refractivity (Wildman–Crippen MR) is 42.4 cm³/mol. The van der Waals surface area contributed by atoms with Gasteiger partial charge in [-0.1, -0.05) is 17.7 Å². The van der Waals surface area contributed by atoms with Crippen molar-refractivity contribution in [3.63, 3.8) is 0 Å². The molecular weight excluding hydrogens is 162 g/mol. The minimum absolute atomic E-state index is 0.0825. The van der Waals surface area contributed by atoms with E-state index in [0.717, 1.165) is 0 Å². The van der Waals surface area contributed by atoms with E-state index in [9.17, 15) is 5.11 Å². The standard InChI is InChI=1S/C8H6ClNO/c9-7-2-1-6(3-4-10)8(11)5-7/h1-2,5,11H,3H2. The molecule has 0 saturated carbocycles. The molecule has 1 rings (SSSR count). The highest BCUT2D eigenvalue weighted by molar-refractivity contribution is 6.30. The SMILES string of the molecule is N#CCc1ccc(Cl)cc1O. The molecule has 1 aromatic carbocycles. The van der Waals surface area contributed by atoms with Crippen LogP contribution in [-0.2, 0) is 6.42 Å². The van der Waals surface area contributed by atoms with Crippen LogP contribution in [0.25, 0.3) is 0 Å². The van der Waals surface area contributed by atoms with Gasteiger partial charge in [-0.3, -0.25) is 0 Å². The lowest BCUT2D eigenvalue weighted by Crippen LogP contribution is -1.81. The lowest BCUT2D eigenvalue weighted by atomic mass is 10.1. The van der Waals surface area contributed by atoms with Crippen LogP contribution in [0.15, 0.2) is 18.2 Å². The maximum atomic E-state index is 9.19. The highest BCUT2D eigenvalue weighted by atomic mass is 35.5. The molecule has 0 bridgehead atoms. The van der Waals surface area contributed by atoms with E-state index >= 15 is 0 Å². The van der Waals surface area contributed by atoms with Crippen LogP contribution in [0.1, 0.15) is 5.56 Å². The van der Waals surface area contributed by atoms with Crippen molar-refractivity contribution in [3.05, 3.63) is 28.8 Å². The molecule has 0 heterocycles. The van der Waals surface area contributed by atoms with Gasteiger partial charge in [-0.2, -0.15) is 5.26 Å². The second kappa shape index (κ2) is 3.27. The minimum atomic E-state index is 0.0825. The first-order valence-electron chi connectivity index (χ1n) is 3.08. The first kappa shape index (κ1) is 7.90. The smallest absolute Gasteiger partial charge is 0.121 e. The number of nitriles is 1. The number of halogens is 1. The maximum Gasteiger partial charge on any atom is 0.121 e. The number of benzene rings is 1. The molecule has 0 unspecified atom stereocenters. The predicted octanol–water partition coefficient (Wildman–Crippen LogP) is 2.11. The Morgan fingerprint density at radius 1 is 1.55 bits per heavy atom. The normalized spacial score (nSPS) is 9.09. The van der Waals surface area contributed by atoms with Crippen molar-refractivity contribution < 1.29 is 5.11 Å². The monoisotopic (exact) mass is 167 g/mol. The lowest BCUT2D eigenvalue weighted by Gasteiger charge is -1.98. The maximum absolute atomic E-state index is 9.19.